The van der Waals surface area contributed by atoms with Crippen LogP contribution in [0.5, 0.6) is 0 Å². The van der Waals surface area contributed by atoms with Crippen LogP contribution in [0.2, 0.25) is 0 Å². The minimum atomic E-state index is -0.109. The van der Waals surface area contributed by atoms with E-state index < -0.39 is 0 Å². The van der Waals surface area contributed by atoms with Crippen molar-refractivity contribution in [2.45, 2.75) is 78.9 Å². The zero-order valence-corrected chi connectivity index (χ0v) is 28.4. The van der Waals surface area contributed by atoms with Gasteiger partial charge in [0.15, 0.2) is 0 Å². The molecular weight excluding hydrogens is 647 g/mol. The van der Waals surface area contributed by atoms with E-state index in [1.807, 2.05) is 60.7 Å². The van der Waals surface area contributed by atoms with E-state index in [1.165, 1.54) is 46.2 Å². The first-order valence-corrected chi connectivity index (χ1v) is 17.2. The van der Waals surface area contributed by atoms with Crippen LogP contribution < -0.4 is 0 Å². The second-order valence-corrected chi connectivity index (χ2v) is 11.9. The first-order chi connectivity index (χ1) is 22.2. The van der Waals surface area contributed by atoms with Crippen molar-refractivity contribution in [3.05, 3.63) is 160 Å². The van der Waals surface area contributed by atoms with Gasteiger partial charge in [0.25, 0.3) is 0 Å². The summed E-state index contributed by atoms with van der Waals surface area (Å²) in [7, 11) is 0. The molecule has 5 heteroatoms. The van der Waals surface area contributed by atoms with Crippen molar-refractivity contribution in [2.24, 2.45) is 0 Å². The van der Waals surface area contributed by atoms with Gasteiger partial charge in [-0.3, -0.25) is 0 Å². The van der Waals surface area contributed by atoms with Gasteiger partial charge in [-0.05, 0) is 66.0 Å². The van der Waals surface area contributed by atoms with Crippen LogP contribution >= 0.6 is 0 Å². The molecule has 0 amide bonds. The van der Waals surface area contributed by atoms with Gasteiger partial charge in [-0.15, -0.1) is 4.79 Å². The fraction of sp³-hybridized carbons (Fsp3) is 0.300. The molecule has 0 radical (unpaired) electrons. The Bertz CT molecular complexity index is 1480. The molecule has 0 atom stereocenters. The summed E-state index contributed by atoms with van der Waals surface area (Å²) in [5.41, 5.74) is 18.6. The molecule has 0 aliphatic heterocycles. The van der Waals surface area contributed by atoms with E-state index in [2.05, 4.69) is 86.0 Å². The molecule has 4 aromatic rings. The Morgan fingerprint density at radius 1 is 0.689 bits per heavy atom. The van der Waals surface area contributed by atoms with Crippen LogP contribution in [0, 0.1) is 0 Å². The van der Waals surface area contributed by atoms with E-state index in [4.69, 9.17) is 12.5 Å². The summed E-state index contributed by atoms with van der Waals surface area (Å²) < 4.78 is 10.9. The molecule has 4 rings (SSSR count). The molecule has 0 aliphatic carbocycles. The van der Waals surface area contributed by atoms with Crippen molar-refractivity contribution in [1.29, 1.82) is 0 Å². The Balaban J connectivity index is 0.000000276. The summed E-state index contributed by atoms with van der Waals surface area (Å²) in [4.78, 5) is 3.19. The normalized spacial score (nSPS) is 10.9. The van der Waals surface area contributed by atoms with Crippen molar-refractivity contribution in [2.75, 3.05) is 0 Å². The molecule has 45 heavy (non-hydrogen) atoms. The quantitative estimate of drug-likeness (QED) is 0.0293. The number of allylic oxidation sites excluding steroid dienone is 2. The Morgan fingerprint density at radius 3 is 1.76 bits per heavy atom. The van der Waals surface area contributed by atoms with Gasteiger partial charge in [0.05, 0.1) is 5.57 Å². The van der Waals surface area contributed by atoms with Gasteiger partial charge in [0.1, 0.15) is 0 Å². The molecule has 0 spiro atoms. The van der Waals surface area contributed by atoms with Crippen molar-refractivity contribution in [1.82, 2.24) is 0 Å². The summed E-state index contributed by atoms with van der Waals surface area (Å²) in [6.07, 6.45) is 9.65. The van der Waals surface area contributed by atoms with Gasteiger partial charge < -0.3 is 5.53 Å². The molecule has 0 N–H and O–H groups in total. The van der Waals surface area contributed by atoms with Crippen LogP contribution in [-0.4, -0.2) is 10.7 Å². The zero-order valence-electron chi connectivity index (χ0n) is 26.9. The number of hydrogen-bond acceptors (Lipinski definition) is 2. The van der Waals surface area contributed by atoms with Crippen LogP contribution in [0.25, 0.3) is 11.1 Å². The first-order valence-electron chi connectivity index (χ1n) is 15.9. The monoisotopic (exact) mass is 692 g/mol. The van der Waals surface area contributed by atoms with Gasteiger partial charge >= 0.3 is 117 Å². The van der Waals surface area contributed by atoms with Crippen molar-refractivity contribution < 1.29 is 30.4 Å². The standard InChI is InChI=1S/C26H32N2.2C7H7O.Pd/c1-4-7-11-22-14-10-16-25(18-22)26(19-23(20-28-27)12-8-5-2)24-15-9-13-21(6-3)17-24;2*8-6-7-4-2-1-3-5-7;/h9-10,13-19H,4-8,11-12H2,1-3H3;2*1-5H,6H2;/q;2*-1;+2. The van der Waals surface area contributed by atoms with Crippen LogP contribution in [0.1, 0.15) is 86.3 Å². The number of hydrogen-bond donors (Lipinski definition) is 0. The Kier molecular flexibility index (Phi) is 17.5. The zero-order chi connectivity index (χ0) is 32.0. The SMILES string of the molecule is CCCCC(=C=[N+]=[N-])C=C(c1cccc(CC)c1)c1cccc(CCCC)c1.c1ccc(C[O][Pd][O]Cc2ccccc2)cc1. The van der Waals surface area contributed by atoms with E-state index in [0.717, 1.165) is 43.3 Å². The maximum atomic E-state index is 9.08. The van der Waals surface area contributed by atoms with Crippen molar-refractivity contribution in [3.63, 3.8) is 0 Å². The molecular formula is C40H46N2O2Pd. The van der Waals surface area contributed by atoms with Crippen molar-refractivity contribution in [3.8, 4) is 0 Å². The number of unbranched alkanes of at least 4 members (excludes halogenated alkanes) is 2. The van der Waals surface area contributed by atoms with E-state index in [0.29, 0.717) is 13.2 Å². The summed E-state index contributed by atoms with van der Waals surface area (Å²) in [5, 5.41) is 0. The summed E-state index contributed by atoms with van der Waals surface area (Å²) in [6, 6.07) is 37.8. The Hall–Kier alpha value is -3.64. The molecule has 4 aromatic carbocycles. The van der Waals surface area contributed by atoms with E-state index in [9.17, 15) is 0 Å². The average molecular weight is 693 g/mol. The van der Waals surface area contributed by atoms with Gasteiger partial charge in [-0.1, -0.05) is 82.1 Å². The van der Waals surface area contributed by atoms with Crippen LogP contribution in [0.3, 0.4) is 0 Å². The molecule has 0 saturated heterocycles. The number of benzene rings is 4. The third kappa shape index (κ3) is 13.9. The Labute approximate surface area is 279 Å². The van der Waals surface area contributed by atoms with Gasteiger partial charge in [0.2, 0.25) is 0 Å². The summed E-state index contributed by atoms with van der Waals surface area (Å²) >= 11 is -0.109. The van der Waals surface area contributed by atoms with Crippen LogP contribution in [0.15, 0.2) is 121 Å². The average Bonchev–Trinajstić information content (AvgIpc) is 3.09. The van der Waals surface area contributed by atoms with E-state index >= 15 is 0 Å². The molecule has 0 aliphatic rings. The predicted octanol–water partition coefficient (Wildman–Crippen LogP) is 10.4. The fourth-order valence-corrected chi connectivity index (χ4v) is 5.48. The molecule has 0 bridgehead atoms. The maximum absolute atomic E-state index is 9.08. The molecule has 0 fully saturated rings. The van der Waals surface area contributed by atoms with E-state index in [-0.39, 0.29) is 18.7 Å². The Morgan fingerprint density at radius 2 is 1.22 bits per heavy atom. The number of aryl methyl sites for hydroxylation is 2. The third-order valence-corrected chi connectivity index (χ3v) is 8.02. The second-order valence-electron chi connectivity index (χ2n) is 10.8. The molecule has 4 nitrogen and oxygen atoms in total. The van der Waals surface area contributed by atoms with E-state index in [1.54, 1.807) is 0 Å². The van der Waals surface area contributed by atoms with Crippen LogP contribution in [0.4, 0.5) is 0 Å². The van der Waals surface area contributed by atoms with Gasteiger partial charge in [-0.2, -0.15) is 0 Å². The van der Waals surface area contributed by atoms with Crippen LogP contribution in [-0.2, 0) is 51.7 Å². The molecule has 0 saturated carbocycles. The first kappa shape index (κ1) is 35.8. The minimum absolute atomic E-state index is 0.109. The number of rotatable bonds is 16. The summed E-state index contributed by atoms with van der Waals surface area (Å²) in [6.45, 7) is 7.80. The van der Waals surface area contributed by atoms with Gasteiger partial charge in [-0.25, -0.2) is 0 Å². The summed E-state index contributed by atoms with van der Waals surface area (Å²) in [5.74, 6) is 2.79. The molecule has 0 aromatic heterocycles. The van der Waals surface area contributed by atoms with Gasteiger partial charge in [0, 0.05) is 0 Å². The predicted molar refractivity (Wildman–Crippen MR) is 182 cm³/mol. The molecule has 0 unspecified atom stereocenters. The second kappa shape index (κ2) is 22.0. The molecule has 238 valence electrons. The fourth-order valence-electron chi connectivity index (χ4n) is 4.65. The van der Waals surface area contributed by atoms with Crippen molar-refractivity contribution >= 4 is 11.4 Å². The topological polar surface area (TPSA) is 54.9 Å². The molecule has 0 heterocycles. The number of nitrogens with zero attached hydrogens (tertiary/aromatic N) is 2. The third-order valence-electron chi connectivity index (χ3n) is 7.20.